The Morgan fingerprint density at radius 2 is 1.40 bits per heavy atom. The van der Waals surface area contributed by atoms with E-state index >= 15 is 0 Å². The number of hydrogen-bond donors (Lipinski definition) is 2. The highest BCUT2D eigenvalue weighted by Crippen LogP contribution is 2.16. The van der Waals surface area contributed by atoms with Crippen molar-refractivity contribution in [1.29, 1.82) is 0 Å². The molecule has 0 aromatic rings. The van der Waals surface area contributed by atoms with Crippen LogP contribution in [0.5, 0.6) is 0 Å². The molecule has 15 heavy (non-hydrogen) atoms. The molecule has 0 heterocycles. The van der Waals surface area contributed by atoms with Crippen molar-refractivity contribution in [3.8, 4) is 0 Å². The summed E-state index contributed by atoms with van der Waals surface area (Å²) >= 11 is 0. The van der Waals surface area contributed by atoms with E-state index in [2.05, 4.69) is 13.2 Å². The van der Waals surface area contributed by atoms with Gasteiger partial charge in [-0.15, -0.1) is 0 Å². The van der Waals surface area contributed by atoms with Crippen molar-refractivity contribution in [2.45, 2.75) is 20.8 Å². The van der Waals surface area contributed by atoms with Crippen molar-refractivity contribution in [2.75, 3.05) is 6.54 Å². The minimum absolute atomic E-state index is 0.00574. The zero-order valence-electron chi connectivity index (χ0n) is 9.62. The Kier molecular flexibility index (Phi) is 5.31. The molecule has 0 aromatic heterocycles. The molecule has 84 valence electrons. The second-order valence-electron chi connectivity index (χ2n) is 3.17. The topological polar surface area (TPSA) is 43.7 Å². The molecule has 0 unspecified atom stereocenters. The average molecular weight is 209 g/mol. The molecule has 0 radical (unpaired) electrons. The Bertz CT molecular complexity index is 284. The van der Waals surface area contributed by atoms with Crippen LogP contribution in [-0.2, 0) is 0 Å². The van der Waals surface area contributed by atoms with Gasteiger partial charge in [0.05, 0.1) is 0 Å². The number of rotatable bonds is 5. The van der Waals surface area contributed by atoms with Crippen LogP contribution < -0.4 is 0 Å². The molecule has 2 N–H and O–H groups in total. The van der Waals surface area contributed by atoms with Gasteiger partial charge in [-0.2, -0.15) is 0 Å². The third-order valence-electron chi connectivity index (χ3n) is 2.15. The number of hydrogen-bond acceptors (Lipinski definition) is 3. The van der Waals surface area contributed by atoms with E-state index in [1.54, 1.807) is 13.8 Å². The zero-order valence-corrected chi connectivity index (χ0v) is 9.62. The van der Waals surface area contributed by atoms with Gasteiger partial charge in [0.25, 0.3) is 0 Å². The number of aliphatic hydroxyl groups is 2. The molecular weight excluding hydrogens is 190 g/mol. The van der Waals surface area contributed by atoms with Gasteiger partial charge in [0.2, 0.25) is 0 Å². The molecule has 0 aliphatic rings. The van der Waals surface area contributed by atoms with E-state index in [1.165, 1.54) is 17.1 Å². The van der Waals surface area contributed by atoms with Gasteiger partial charge in [0, 0.05) is 17.7 Å². The molecule has 0 spiro atoms. The van der Waals surface area contributed by atoms with Gasteiger partial charge in [-0.05, 0) is 20.8 Å². The third kappa shape index (κ3) is 3.20. The largest absolute Gasteiger partial charge is 0.494 e. The number of aliphatic hydroxyl groups excluding tert-OH is 2. The molecule has 0 rings (SSSR count). The SMILES string of the molecule is C=C/C(C)=C(\O)N(CC)/C(O)=C(\C)C=C. The Balaban J connectivity index is 5.27. The van der Waals surface area contributed by atoms with Gasteiger partial charge < -0.3 is 10.2 Å². The molecule has 0 saturated carbocycles. The molecular formula is C12H19NO2. The highest BCUT2D eigenvalue weighted by Gasteiger charge is 2.13. The summed E-state index contributed by atoms with van der Waals surface area (Å²) in [6, 6.07) is 0. The summed E-state index contributed by atoms with van der Waals surface area (Å²) in [6.45, 7) is 12.9. The van der Waals surface area contributed by atoms with Crippen LogP contribution in [0.15, 0.2) is 48.2 Å². The normalized spacial score (nSPS) is 13.8. The van der Waals surface area contributed by atoms with E-state index in [9.17, 15) is 10.2 Å². The van der Waals surface area contributed by atoms with E-state index in [1.807, 2.05) is 6.92 Å². The van der Waals surface area contributed by atoms with E-state index in [-0.39, 0.29) is 11.8 Å². The standard InChI is InChI=1S/C12H19NO2/c1-6-9(4)11(14)13(8-3)12(15)10(5)7-2/h6-7,14-15H,1-2,8H2,3-5H3/b11-9-,12-10-. The maximum absolute atomic E-state index is 9.80. The first-order valence-electron chi connectivity index (χ1n) is 4.81. The predicted octanol–water partition coefficient (Wildman–Crippen LogP) is 3.26. The Hall–Kier alpha value is -1.64. The van der Waals surface area contributed by atoms with E-state index in [0.717, 1.165) is 0 Å². The molecule has 0 fully saturated rings. The fourth-order valence-corrected chi connectivity index (χ4v) is 1.01. The second kappa shape index (κ2) is 5.96. The third-order valence-corrected chi connectivity index (χ3v) is 2.15. The van der Waals surface area contributed by atoms with Gasteiger partial charge in [0.1, 0.15) is 0 Å². The van der Waals surface area contributed by atoms with Gasteiger partial charge in [-0.1, -0.05) is 25.3 Å². The van der Waals surface area contributed by atoms with Crippen LogP contribution >= 0.6 is 0 Å². The van der Waals surface area contributed by atoms with Gasteiger partial charge in [0.15, 0.2) is 11.8 Å². The van der Waals surface area contributed by atoms with Crippen LogP contribution in [0.25, 0.3) is 0 Å². The minimum atomic E-state index is 0.00574. The smallest absolute Gasteiger partial charge is 0.196 e. The Morgan fingerprint density at radius 1 is 1.07 bits per heavy atom. The van der Waals surface area contributed by atoms with Gasteiger partial charge >= 0.3 is 0 Å². The first kappa shape index (κ1) is 13.4. The van der Waals surface area contributed by atoms with Gasteiger partial charge in [-0.3, -0.25) is 4.90 Å². The lowest BCUT2D eigenvalue weighted by Gasteiger charge is -2.22. The molecule has 0 atom stereocenters. The van der Waals surface area contributed by atoms with E-state index < -0.39 is 0 Å². The Morgan fingerprint density at radius 3 is 1.60 bits per heavy atom. The van der Waals surface area contributed by atoms with Crippen LogP contribution in [0.1, 0.15) is 20.8 Å². The average Bonchev–Trinajstić information content (AvgIpc) is 2.27. The lowest BCUT2D eigenvalue weighted by Crippen LogP contribution is -2.23. The fraction of sp³-hybridized carbons (Fsp3) is 0.333. The van der Waals surface area contributed by atoms with E-state index in [0.29, 0.717) is 17.7 Å². The molecule has 0 aliphatic heterocycles. The molecule has 0 saturated heterocycles. The van der Waals surface area contributed by atoms with Crippen molar-refractivity contribution in [3.05, 3.63) is 48.2 Å². The molecule has 3 heteroatoms. The first-order chi connectivity index (χ1) is 6.99. The lowest BCUT2D eigenvalue weighted by molar-refractivity contribution is 0.164. The van der Waals surface area contributed by atoms with E-state index in [4.69, 9.17) is 0 Å². The highest BCUT2D eigenvalue weighted by atomic mass is 16.3. The van der Waals surface area contributed by atoms with Crippen LogP contribution in [0.2, 0.25) is 0 Å². The Labute approximate surface area is 91.3 Å². The molecule has 0 aromatic carbocycles. The van der Waals surface area contributed by atoms with Crippen molar-refractivity contribution < 1.29 is 10.2 Å². The number of allylic oxidation sites excluding steroid dienone is 4. The van der Waals surface area contributed by atoms with Crippen LogP contribution in [-0.4, -0.2) is 21.7 Å². The summed E-state index contributed by atoms with van der Waals surface area (Å²) in [5.74, 6) is 0.0115. The maximum atomic E-state index is 9.80. The minimum Gasteiger partial charge on any atom is -0.494 e. The van der Waals surface area contributed by atoms with Crippen molar-refractivity contribution in [3.63, 3.8) is 0 Å². The van der Waals surface area contributed by atoms with Crippen molar-refractivity contribution in [1.82, 2.24) is 4.90 Å². The zero-order chi connectivity index (χ0) is 12.0. The number of nitrogens with zero attached hydrogens (tertiary/aromatic N) is 1. The lowest BCUT2D eigenvalue weighted by atomic mass is 10.2. The van der Waals surface area contributed by atoms with Crippen LogP contribution in [0.3, 0.4) is 0 Å². The fourth-order valence-electron chi connectivity index (χ4n) is 1.01. The van der Waals surface area contributed by atoms with Gasteiger partial charge in [-0.25, -0.2) is 0 Å². The highest BCUT2D eigenvalue weighted by molar-refractivity contribution is 5.23. The second-order valence-corrected chi connectivity index (χ2v) is 3.17. The van der Waals surface area contributed by atoms with Crippen LogP contribution in [0.4, 0.5) is 0 Å². The quantitative estimate of drug-likeness (QED) is 0.539. The van der Waals surface area contributed by atoms with Crippen LogP contribution in [0, 0.1) is 0 Å². The van der Waals surface area contributed by atoms with Crippen molar-refractivity contribution >= 4 is 0 Å². The summed E-state index contributed by atoms with van der Waals surface area (Å²) in [4.78, 5) is 1.40. The predicted molar refractivity (Wildman–Crippen MR) is 63.4 cm³/mol. The molecule has 0 bridgehead atoms. The summed E-state index contributed by atoms with van der Waals surface area (Å²) in [5.41, 5.74) is 1.22. The molecule has 0 amide bonds. The summed E-state index contributed by atoms with van der Waals surface area (Å²) in [7, 11) is 0. The molecule has 3 nitrogen and oxygen atoms in total. The summed E-state index contributed by atoms with van der Waals surface area (Å²) in [5, 5.41) is 19.6. The summed E-state index contributed by atoms with van der Waals surface area (Å²) in [6.07, 6.45) is 3.07. The monoisotopic (exact) mass is 209 g/mol. The maximum Gasteiger partial charge on any atom is 0.196 e. The molecule has 0 aliphatic carbocycles. The van der Waals surface area contributed by atoms with Crippen molar-refractivity contribution in [2.24, 2.45) is 0 Å². The first-order valence-corrected chi connectivity index (χ1v) is 4.81. The summed E-state index contributed by atoms with van der Waals surface area (Å²) < 4.78 is 0.